The van der Waals surface area contributed by atoms with Crippen LogP contribution in [0.1, 0.15) is 86.6 Å². The smallest absolute Gasteiger partial charge is 0.335 e. The molecule has 2 saturated carbocycles. The predicted octanol–water partition coefficient (Wildman–Crippen LogP) is 5.88. The van der Waals surface area contributed by atoms with Gasteiger partial charge in [-0.1, -0.05) is 38.3 Å². The highest BCUT2D eigenvalue weighted by Gasteiger charge is 2.30. The van der Waals surface area contributed by atoms with Crippen LogP contribution in [0.25, 0.3) is 0 Å². The Morgan fingerprint density at radius 2 is 1.43 bits per heavy atom. The monoisotopic (exact) mass is 314 g/mol. The number of rotatable bonds is 4. The molecule has 1 aromatic rings. The van der Waals surface area contributed by atoms with Gasteiger partial charge in [0.15, 0.2) is 0 Å². The zero-order valence-corrected chi connectivity index (χ0v) is 14.3. The van der Waals surface area contributed by atoms with Gasteiger partial charge >= 0.3 is 5.97 Å². The fraction of sp³-hybridized carbons (Fsp3) is 0.667. The lowest BCUT2D eigenvalue weighted by Crippen LogP contribution is -2.25. The van der Waals surface area contributed by atoms with E-state index in [1.807, 2.05) is 12.1 Å². The van der Waals surface area contributed by atoms with Crippen molar-refractivity contribution >= 4 is 5.97 Å². The summed E-state index contributed by atoms with van der Waals surface area (Å²) < 4.78 is 0. The Labute approximate surface area is 140 Å². The summed E-state index contributed by atoms with van der Waals surface area (Å²) >= 11 is 0. The number of benzene rings is 1. The third-order valence-corrected chi connectivity index (χ3v) is 6.54. The molecule has 23 heavy (non-hydrogen) atoms. The summed E-state index contributed by atoms with van der Waals surface area (Å²) in [5, 5.41) is 9.00. The van der Waals surface area contributed by atoms with E-state index in [0.717, 1.165) is 17.8 Å². The normalized spacial score (nSPS) is 31.7. The topological polar surface area (TPSA) is 37.3 Å². The van der Waals surface area contributed by atoms with Gasteiger partial charge in [0.05, 0.1) is 5.56 Å². The van der Waals surface area contributed by atoms with Crippen LogP contribution in [0.2, 0.25) is 0 Å². The lowest BCUT2D eigenvalue weighted by molar-refractivity contribution is 0.0697. The van der Waals surface area contributed by atoms with Gasteiger partial charge in [0.25, 0.3) is 0 Å². The van der Waals surface area contributed by atoms with E-state index in [1.54, 1.807) is 12.1 Å². The van der Waals surface area contributed by atoms with Crippen molar-refractivity contribution in [1.29, 1.82) is 0 Å². The second-order valence-corrected chi connectivity index (χ2v) is 7.73. The van der Waals surface area contributed by atoms with Gasteiger partial charge in [-0.2, -0.15) is 0 Å². The maximum absolute atomic E-state index is 11.0. The van der Waals surface area contributed by atoms with Gasteiger partial charge in [0.2, 0.25) is 0 Å². The molecule has 0 unspecified atom stereocenters. The Hall–Kier alpha value is -1.31. The summed E-state index contributed by atoms with van der Waals surface area (Å²) in [5.74, 6) is 2.73. The molecule has 3 rings (SSSR count). The number of hydrogen-bond acceptors (Lipinski definition) is 1. The highest BCUT2D eigenvalue weighted by molar-refractivity contribution is 5.87. The third kappa shape index (κ3) is 3.97. The van der Waals surface area contributed by atoms with Crippen molar-refractivity contribution in [2.75, 3.05) is 0 Å². The molecule has 0 heterocycles. The van der Waals surface area contributed by atoms with Gasteiger partial charge in [-0.3, -0.25) is 0 Å². The van der Waals surface area contributed by atoms with Gasteiger partial charge < -0.3 is 5.11 Å². The molecular formula is C21H30O2. The van der Waals surface area contributed by atoms with Crippen LogP contribution in [-0.2, 0) is 0 Å². The quantitative estimate of drug-likeness (QED) is 0.754. The third-order valence-electron chi connectivity index (χ3n) is 6.54. The molecule has 126 valence electrons. The summed E-state index contributed by atoms with van der Waals surface area (Å²) in [7, 11) is 0. The summed E-state index contributed by atoms with van der Waals surface area (Å²) in [4.78, 5) is 11.0. The SMILES string of the molecule is CC[C@H]1CC[C@H]([C@H]2CC[C@H](c3ccc(C(=O)O)cc3)CC2)CC1. The van der Waals surface area contributed by atoms with Crippen LogP contribution in [0, 0.1) is 17.8 Å². The van der Waals surface area contributed by atoms with Crippen molar-refractivity contribution in [1.82, 2.24) is 0 Å². The molecule has 1 aromatic carbocycles. The second kappa shape index (κ2) is 7.51. The number of aromatic carboxylic acids is 1. The second-order valence-electron chi connectivity index (χ2n) is 7.73. The van der Waals surface area contributed by atoms with Crippen LogP contribution >= 0.6 is 0 Å². The van der Waals surface area contributed by atoms with Crippen molar-refractivity contribution in [3.63, 3.8) is 0 Å². The van der Waals surface area contributed by atoms with E-state index in [1.165, 1.54) is 63.4 Å². The Morgan fingerprint density at radius 3 is 1.91 bits per heavy atom. The van der Waals surface area contributed by atoms with Crippen LogP contribution in [0.15, 0.2) is 24.3 Å². The van der Waals surface area contributed by atoms with Crippen molar-refractivity contribution in [2.45, 2.75) is 70.6 Å². The first-order chi connectivity index (χ1) is 11.2. The van der Waals surface area contributed by atoms with Crippen molar-refractivity contribution in [3.8, 4) is 0 Å². The Morgan fingerprint density at radius 1 is 0.913 bits per heavy atom. The summed E-state index contributed by atoms with van der Waals surface area (Å²) in [6.07, 6.45) is 12.5. The van der Waals surface area contributed by atoms with E-state index in [0.29, 0.717) is 11.5 Å². The van der Waals surface area contributed by atoms with Gasteiger partial charge in [0, 0.05) is 0 Å². The van der Waals surface area contributed by atoms with Crippen LogP contribution < -0.4 is 0 Å². The van der Waals surface area contributed by atoms with Gasteiger partial charge in [-0.25, -0.2) is 4.79 Å². The minimum Gasteiger partial charge on any atom is -0.478 e. The zero-order valence-electron chi connectivity index (χ0n) is 14.3. The molecule has 0 bridgehead atoms. The van der Waals surface area contributed by atoms with E-state index >= 15 is 0 Å². The molecule has 0 atom stereocenters. The van der Waals surface area contributed by atoms with Gasteiger partial charge in [-0.15, -0.1) is 0 Å². The minimum atomic E-state index is -0.831. The Kier molecular flexibility index (Phi) is 5.40. The summed E-state index contributed by atoms with van der Waals surface area (Å²) in [6.45, 7) is 2.34. The summed E-state index contributed by atoms with van der Waals surface area (Å²) in [6, 6.07) is 7.58. The van der Waals surface area contributed by atoms with Gasteiger partial charge in [0.1, 0.15) is 0 Å². The fourth-order valence-electron chi connectivity index (χ4n) is 4.89. The first-order valence-electron chi connectivity index (χ1n) is 9.50. The van der Waals surface area contributed by atoms with E-state index in [2.05, 4.69) is 6.92 Å². The van der Waals surface area contributed by atoms with Crippen molar-refractivity contribution in [2.24, 2.45) is 17.8 Å². The standard InChI is InChI=1S/C21H30O2/c1-2-15-3-5-16(6-4-15)17-7-9-18(10-8-17)19-11-13-20(14-12-19)21(22)23/h11-18H,2-10H2,1H3,(H,22,23)/t15-,16-,17-,18-. The number of carboxylic acids is 1. The molecule has 0 radical (unpaired) electrons. The van der Waals surface area contributed by atoms with E-state index in [4.69, 9.17) is 5.11 Å². The lowest BCUT2D eigenvalue weighted by Gasteiger charge is -2.38. The van der Waals surface area contributed by atoms with Crippen LogP contribution in [-0.4, -0.2) is 11.1 Å². The predicted molar refractivity (Wildman–Crippen MR) is 93.8 cm³/mol. The molecular weight excluding hydrogens is 284 g/mol. The fourth-order valence-corrected chi connectivity index (χ4v) is 4.89. The molecule has 0 aromatic heterocycles. The first kappa shape index (κ1) is 16.5. The molecule has 2 fully saturated rings. The maximum atomic E-state index is 11.0. The molecule has 2 aliphatic carbocycles. The van der Waals surface area contributed by atoms with Crippen LogP contribution in [0.4, 0.5) is 0 Å². The van der Waals surface area contributed by atoms with Crippen molar-refractivity contribution < 1.29 is 9.90 Å². The molecule has 2 aliphatic rings. The van der Waals surface area contributed by atoms with E-state index in [-0.39, 0.29) is 0 Å². The number of carboxylic acid groups (broad SMARTS) is 1. The molecule has 1 N–H and O–H groups in total. The summed E-state index contributed by atoms with van der Waals surface area (Å²) in [5.41, 5.74) is 1.73. The zero-order chi connectivity index (χ0) is 16.2. The van der Waals surface area contributed by atoms with Gasteiger partial charge in [-0.05, 0) is 79.9 Å². The largest absolute Gasteiger partial charge is 0.478 e. The molecule has 0 saturated heterocycles. The number of hydrogen-bond donors (Lipinski definition) is 1. The Balaban J connectivity index is 1.51. The average molecular weight is 314 g/mol. The lowest BCUT2D eigenvalue weighted by atomic mass is 9.68. The number of carbonyl (C=O) groups is 1. The Bertz CT molecular complexity index is 503. The highest BCUT2D eigenvalue weighted by Crippen LogP contribution is 2.44. The molecule has 2 nitrogen and oxygen atoms in total. The van der Waals surface area contributed by atoms with Crippen LogP contribution in [0.3, 0.4) is 0 Å². The van der Waals surface area contributed by atoms with E-state index < -0.39 is 5.97 Å². The van der Waals surface area contributed by atoms with Crippen LogP contribution in [0.5, 0.6) is 0 Å². The average Bonchev–Trinajstić information content (AvgIpc) is 2.62. The molecule has 0 spiro atoms. The highest BCUT2D eigenvalue weighted by atomic mass is 16.4. The maximum Gasteiger partial charge on any atom is 0.335 e. The molecule has 0 aliphatic heterocycles. The van der Waals surface area contributed by atoms with E-state index in [9.17, 15) is 4.79 Å². The van der Waals surface area contributed by atoms with Crippen molar-refractivity contribution in [3.05, 3.63) is 35.4 Å². The first-order valence-corrected chi connectivity index (χ1v) is 9.50. The minimum absolute atomic E-state index is 0.398. The molecule has 0 amide bonds. The molecule has 2 heteroatoms.